The molecule has 0 aliphatic carbocycles. The topological polar surface area (TPSA) is 81.8 Å². The van der Waals surface area contributed by atoms with E-state index in [4.69, 9.17) is 0 Å². The van der Waals surface area contributed by atoms with Crippen molar-refractivity contribution in [1.29, 1.82) is 0 Å². The highest BCUT2D eigenvalue weighted by Crippen LogP contribution is 2.12. The van der Waals surface area contributed by atoms with E-state index in [0.29, 0.717) is 17.4 Å². The minimum atomic E-state index is -0.202. The highest BCUT2D eigenvalue weighted by molar-refractivity contribution is 5.81. The highest BCUT2D eigenvalue weighted by Gasteiger charge is 2.09. The summed E-state index contributed by atoms with van der Waals surface area (Å²) in [6.45, 7) is 3.16. The first kappa shape index (κ1) is 17.9. The Balaban J connectivity index is 1.34. The number of para-hydroxylation sites is 3. The third-order valence-electron chi connectivity index (χ3n) is 4.79. The van der Waals surface area contributed by atoms with Gasteiger partial charge in [0.25, 0.3) is 5.56 Å². The molecule has 0 saturated carbocycles. The number of nitrogens with zero attached hydrogens (tertiary/aromatic N) is 4. The Bertz CT molecular complexity index is 1210. The zero-order valence-electron chi connectivity index (χ0n) is 15.6. The van der Waals surface area contributed by atoms with Gasteiger partial charge in [0.05, 0.1) is 34.6 Å². The van der Waals surface area contributed by atoms with Crippen LogP contribution in [0.15, 0.2) is 59.9 Å². The van der Waals surface area contributed by atoms with Crippen LogP contribution in [0.2, 0.25) is 0 Å². The second-order valence-electron chi connectivity index (χ2n) is 6.78. The zero-order valence-corrected chi connectivity index (χ0v) is 15.6. The van der Waals surface area contributed by atoms with E-state index in [1.165, 1.54) is 10.9 Å². The highest BCUT2D eigenvalue weighted by atomic mass is 16.2. The summed E-state index contributed by atoms with van der Waals surface area (Å²) in [4.78, 5) is 33.5. The molecule has 1 amide bonds. The Hall–Kier alpha value is -3.48. The molecule has 0 saturated heterocycles. The maximum absolute atomic E-state index is 12.6. The number of carbonyl (C=O) groups excluding carboxylic acids is 1. The Labute approximate surface area is 161 Å². The summed E-state index contributed by atoms with van der Waals surface area (Å²) >= 11 is 0. The number of aromatic nitrogens is 4. The first-order chi connectivity index (χ1) is 13.6. The van der Waals surface area contributed by atoms with Crippen LogP contribution in [0.5, 0.6) is 0 Å². The fourth-order valence-electron chi connectivity index (χ4n) is 3.33. The van der Waals surface area contributed by atoms with E-state index in [9.17, 15) is 9.59 Å². The normalized spacial score (nSPS) is 11.2. The lowest BCUT2D eigenvalue weighted by Gasteiger charge is -2.09. The molecule has 0 bridgehead atoms. The summed E-state index contributed by atoms with van der Waals surface area (Å²) in [5.41, 5.74) is 3.46. The van der Waals surface area contributed by atoms with Crippen LogP contribution in [-0.4, -0.2) is 31.6 Å². The smallest absolute Gasteiger partial charge is 0.261 e. The molecule has 0 atom stereocenters. The Kier molecular flexibility index (Phi) is 4.89. The van der Waals surface area contributed by atoms with Crippen LogP contribution in [0.1, 0.15) is 12.0 Å². The number of aryl methyl sites for hydroxylation is 2. The number of carbonyl (C=O) groups is 1. The van der Waals surface area contributed by atoms with E-state index in [2.05, 4.69) is 19.9 Å². The van der Waals surface area contributed by atoms with Crippen molar-refractivity contribution in [3.63, 3.8) is 0 Å². The number of imidazole rings is 1. The number of hydrogen-bond acceptors (Lipinski definition) is 4. The summed E-state index contributed by atoms with van der Waals surface area (Å²) in [6, 6.07) is 13.4. The molecule has 4 aromatic rings. The predicted octanol–water partition coefficient (Wildman–Crippen LogP) is 2.26. The van der Waals surface area contributed by atoms with Crippen LogP contribution in [0.3, 0.4) is 0 Å². The molecule has 0 fully saturated rings. The maximum atomic E-state index is 12.6. The molecule has 7 nitrogen and oxygen atoms in total. The van der Waals surface area contributed by atoms with Gasteiger partial charge in [-0.15, -0.1) is 0 Å². The first-order valence-electron chi connectivity index (χ1n) is 9.25. The van der Waals surface area contributed by atoms with Crippen LogP contribution >= 0.6 is 0 Å². The first-order valence-corrected chi connectivity index (χ1v) is 9.25. The van der Waals surface area contributed by atoms with Crippen molar-refractivity contribution in [2.45, 2.75) is 26.4 Å². The second kappa shape index (κ2) is 7.64. The fraction of sp³-hybridized carbons (Fsp3) is 0.238. The molecule has 2 aromatic heterocycles. The van der Waals surface area contributed by atoms with Gasteiger partial charge in [-0.05, 0) is 37.1 Å². The predicted molar refractivity (Wildman–Crippen MR) is 108 cm³/mol. The van der Waals surface area contributed by atoms with Gasteiger partial charge in [0.1, 0.15) is 6.54 Å². The third-order valence-corrected chi connectivity index (χ3v) is 4.79. The minimum absolute atomic E-state index is 0.0380. The fourth-order valence-corrected chi connectivity index (χ4v) is 3.33. The van der Waals surface area contributed by atoms with Crippen LogP contribution in [0, 0.1) is 6.92 Å². The van der Waals surface area contributed by atoms with Gasteiger partial charge < -0.3 is 9.88 Å². The largest absolute Gasteiger partial charge is 0.354 e. The van der Waals surface area contributed by atoms with Crippen LogP contribution in [0.25, 0.3) is 21.9 Å². The number of amides is 1. The van der Waals surface area contributed by atoms with E-state index in [0.717, 1.165) is 29.6 Å². The van der Waals surface area contributed by atoms with Gasteiger partial charge in [0.15, 0.2) is 0 Å². The van der Waals surface area contributed by atoms with Gasteiger partial charge in [-0.3, -0.25) is 14.2 Å². The van der Waals surface area contributed by atoms with E-state index in [-0.39, 0.29) is 18.0 Å². The van der Waals surface area contributed by atoms with Crippen LogP contribution in [0.4, 0.5) is 0 Å². The minimum Gasteiger partial charge on any atom is -0.354 e. The second-order valence-corrected chi connectivity index (χ2v) is 6.78. The quantitative estimate of drug-likeness (QED) is 0.524. The molecule has 2 aromatic carbocycles. The molecule has 0 unspecified atom stereocenters. The number of benzene rings is 2. The van der Waals surface area contributed by atoms with E-state index in [1.54, 1.807) is 6.07 Å². The molecular formula is C21H21N5O2. The number of rotatable bonds is 6. The van der Waals surface area contributed by atoms with Gasteiger partial charge in [0.2, 0.25) is 5.91 Å². The van der Waals surface area contributed by atoms with Crippen molar-refractivity contribution in [3.05, 3.63) is 71.0 Å². The van der Waals surface area contributed by atoms with Gasteiger partial charge in [-0.25, -0.2) is 9.97 Å². The summed E-state index contributed by atoms with van der Waals surface area (Å²) in [5.74, 6) is -0.202. The third kappa shape index (κ3) is 3.51. The van der Waals surface area contributed by atoms with Crippen molar-refractivity contribution in [2.24, 2.45) is 0 Å². The number of nitrogens with one attached hydrogen (secondary N) is 1. The Morgan fingerprint density at radius 3 is 2.75 bits per heavy atom. The average Bonchev–Trinajstić information content (AvgIpc) is 3.11. The van der Waals surface area contributed by atoms with Crippen LogP contribution in [-0.2, 0) is 17.9 Å². The van der Waals surface area contributed by atoms with Gasteiger partial charge in [-0.1, -0.05) is 24.3 Å². The standard InChI is InChI=1S/C21H21N5O2/c1-15-6-4-7-16-20(15)24-14-26(21(16)28)12-19(27)22-10-5-11-25-13-23-17-8-2-3-9-18(17)25/h2-4,6-9,13-14H,5,10-12H2,1H3,(H,22,27). The van der Waals surface area contributed by atoms with Crippen molar-refractivity contribution in [3.8, 4) is 0 Å². The Morgan fingerprint density at radius 1 is 1.04 bits per heavy atom. The summed E-state index contributed by atoms with van der Waals surface area (Å²) in [7, 11) is 0. The molecule has 0 aliphatic rings. The summed E-state index contributed by atoms with van der Waals surface area (Å²) < 4.78 is 3.42. The molecular weight excluding hydrogens is 354 g/mol. The van der Waals surface area contributed by atoms with Crippen molar-refractivity contribution < 1.29 is 4.79 Å². The van der Waals surface area contributed by atoms with E-state index < -0.39 is 0 Å². The molecule has 142 valence electrons. The monoisotopic (exact) mass is 375 g/mol. The van der Waals surface area contributed by atoms with Gasteiger partial charge in [-0.2, -0.15) is 0 Å². The lowest BCUT2D eigenvalue weighted by molar-refractivity contribution is -0.121. The van der Waals surface area contributed by atoms with Crippen molar-refractivity contribution in [1.82, 2.24) is 24.4 Å². The summed E-state index contributed by atoms with van der Waals surface area (Å²) in [5, 5.41) is 3.40. The number of hydrogen-bond donors (Lipinski definition) is 1. The molecule has 0 aliphatic heterocycles. The molecule has 2 heterocycles. The van der Waals surface area contributed by atoms with Crippen LogP contribution < -0.4 is 10.9 Å². The van der Waals surface area contributed by atoms with Gasteiger partial charge in [0, 0.05) is 13.1 Å². The van der Waals surface area contributed by atoms with Gasteiger partial charge >= 0.3 is 0 Å². The molecule has 0 spiro atoms. The molecule has 0 radical (unpaired) electrons. The SMILES string of the molecule is Cc1cccc2c(=O)n(CC(=O)NCCCn3cnc4ccccc43)cnc12. The zero-order chi connectivity index (χ0) is 19.5. The van der Waals surface area contributed by atoms with E-state index in [1.807, 2.05) is 49.6 Å². The molecule has 28 heavy (non-hydrogen) atoms. The molecule has 1 N–H and O–H groups in total. The maximum Gasteiger partial charge on any atom is 0.261 e. The molecule has 4 rings (SSSR count). The van der Waals surface area contributed by atoms with Crippen molar-refractivity contribution in [2.75, 3.05) is 6.54 Å². The van der Waals surface area contributed by atoms with Crippen molar-refractivity contribution >= 4 is 27.8 Å². The number of fused-ring (bicyclic) bond motifs is 2. The average molecular weight is 375 g/mol. The molecule has 7 heteroatoms. The lowest BCUT2D eigenvalue weighted by Crippen LogP contribution is -2.33. The van der Waals surface area contributed by atoms with E-state index >= 15 is 0 Å². The Morgan fingerprint density at radius 2 is 1.86 bits per heavy atom. The lowest BCUT2D eigenvalue weighted by atomic mass is 10.1. The summed E-state index contributed by atoms with van der Waals surface area (Å²) in [6.07, 6.45) is 4.03.